The molecule has 0 aliphatic carbocycles. The molecule has 0 spiro atoms. The number of hydrogen-bond acceptors (Lipinski definition) is 3. The van der Waals surface area contributed by atoms with Crippen molar-refractivity contribution in [1.29, 1.82) is 0 Å². The van der Waals surface area contributed by atoms with Crippen LogP contribution in [0, 0.1) is 13.8 Å². The van der Waals surface area contributed by atoms with Crippen LogP contribution in [0.5, 0.6) is 0 Å². The molecule has 3 heteroatoms. The number of aromatic nitrogens is 1. The van der Waals surface area contributed by atoms with Crippen molar-refractivity contribution < 1.29 is 0 Å². The van der Waals surface area contributed by atoms with Crippen LogP contribution in [0.2, 0.25) is 0 Å². The number of benzene rings is 1. The number of nitrogens with one attached hydrogen (secondary N) is 1. The van der Waals surface area contributed by atoms with Crippen molar-refractivity contribution >= 4 is 11.3 Å². The van der Waals surface area contributed by atoms with Crippen molar-refractivity contribution in [3.63, 3.8) is 0 Å². The van der Waals surface area contributed by atoms with E-state index in [0.29, 0.717) is 0 Å². The van der Waals surface area contributed by atoms with Gasteiger partial charge >= 0.3 is 0 Å². The molecule has 84 valence electrons. The lowest BCUT2D eigenvalue weighted by Gasteiger charge is -2.14. The third-order valence-electron chi connectivity index (χ3n) is 2.55. The predicted octanol–water partition coefficient (Wildman–Crippen LogP) is 3.07. The topological polar surface area (TPSA) is 24.9 Å². The molecule has 0 radical (unpaired) electrons. The molecular weight excluding hydrogens is 216 g/mol. The minimum absolute atomic E-state index is 0.207. The summed E-state index contributed by atoms with van der Waals surface area (Å²) in [5.74, 6) is 0. The van der Waals surface area contributed by atoms with Crippen molar-refractivity contribution in [1.82, 2.24) is 10.3 Å². The zero-order chi connectivity index (χ0) is 11.5. The Hall–Kier alpha value is -1.19. The molecule has 1 unspecified atom stereocenters. The van der Waals surface area contributed by atoms with Gasteiger partial charge in [-0.1, -0.05) is 29.8 Å². The van der Waals surface area contributed by atoms with E-state index in [1.807, 2.05) is 14.0 Å². The Balaban J connectivity index is 2.36. The minimum atomic E-state index is 0.207. The second-order valence-electron chi connectivity index (χ2n) is 3.96. The van der Waals surface area contributed by atoms with Gasteiger partial charge in [0.1, 0.15) is 5.01 Å². The quantitative estimate of drug-likeness (QED) is 0.879. The normalized spacial score (nSPS) is 12.7. The fourth-order valence-electron chi connectivity index (χ4n) is 1.79. The highest BCUT2D eigenvalue weighted by molar-refractivity contribution is 7.09. The van der Waals surface area contributed by atoms with Crippen LogP contribution in [0.4, 0.5) is 0 Å². The van der Waals surface area contributed by atoms with E-state index in [1.165, 1.54) is 11.1 Å². The first kappa shape index (κ1) is 11.3. The zero-order valence-corrected chi connectivity index (χ0v) is 10.6. The van der Waals surface area contributed by atoms with Crippen molar-refractivity contribution in [2.45, 2.75) is 19.9 Å². The maximum atomic E-state index is 4.54. The predicted molar refractivity (Wildman–Crippen MR) is 68.9 cm³/mol. The summed E-state index contributed by atoms with van der Waals surface area (Å²) in [6, 6.07) is 8.76. The van der Waals surface area contributed by atoms with E-state index < -0.39 is 0 Å². The molecule has 1 heterocycles. The number of nitrogens with zero attached hydrogens (tertiary/aromatic N) is 1. The standard InChI is InChI=1S/C13H16N2S/c1-9-5-4-6-11(7-9)12(14-3)13-15-10(2)8-16-13/h4-8,12,14H,1-3H3. The Labute approximate surface area is 100 Å². The van der Waals surface area contributed by atoms with E-state index >= 15 is 0 Å². The van der Waals surface area contributed by atoms with Gasteiger partial charge in [-0.15, -0.1) is 11.3 Å². The average molecular weight is 232 g/mol. The first-order chi connectivity index (χ1) is 7.70. The first-order valence-electron chi connectivity index (χ1n) is 5.36. The summed E-state index contributed by atoms with van der Waals surface area (Å²) in [4.78, 5) is 4.54. The Morgan fingerprint density at radius 1 is 1.31 bits per heavy atom. The van der Waals surface area contributed by atoms with E-state index in [0.717, 1.165) is 10.7 Å². The van der Waals surface area contributed by atoms with Crippen LogP contribution in [0.3, 0.4) is 0 Å². The molecule has 2 nitrogen and oxygen atoms in total. The van der Waals surface area contributed by atoms with E-state index in [1.54, 1.807) is 11.3 Å². The van der Waals surface area contributed by atoms with E-state index in [2.05, 4.69) is 46.9 Å². The van der Waals surface area contributed by atoms with Crippen molar-refractivity contribution in [3.05, 3.63) is 51.5 Å². The van der Waals surface area contributed by atoms with Crippen LogP contribution in [-0.2, 0) is 0 Å². The molecule has 2 aromatic rings. The van der Waals surface area contributed by atoms with Crippen LogP contribution in [0.25, 0.3) is 0 Å². The van der Waals surface area contributed by atoms with E-state index in [4.69, 9.17) is 0 Å². The second-order valence-corrected chi connectivity index (χ2v) is 4.85. The molecule has 1 aromatic heterocycles. The Morgan fingerprint density at radius 2 is 2.12 bits per heavy atom. The maximum absolute atomic E-state index is 4.54. The van der Waals surface area contributed by atoms with Gasteiger partial charge in [0.15, 0.2) is 0 Å². The van der Waals surface area contributed by atoms with Gasteiger partial charge in [0.25, 0.3) is 0 Å². The minimum Gasteiger partial charge on any atom is -0.307 e. The van der Waals surface area contributed by atoms with Crippen LogP contribution in [0.15, 0.2) is 29.6 Å². The largest absolute Gasteiger partial charge is 0.307 e. The first-order valence-corrected chi connectivity index (χ1v) is 6.24. The maximum Gasteiger partial charge on any atom is 0.114 e. The van der Waals surface area contributed by atoms with Crippen molar-refractivity contribution in [2.24, 2.45) is 0 Å². The van der Waals surface area contributed by atoms with Crippen molar-refractivity contribution in [2.75, 3.05) is 7.05 Å². The van der Waals surface area contributed by atoms with Gasteiger partial charge in [0.05, 0.1) is 6.04 Å². The lowest BCUT2D eigenvalue weighted by molar-refractivity contribution is 0.684. The molecule has 2 rings (SSSR count). The third kappa shape index (κ3) is 2.31. The van der Waals surface area contributed by atoms with Gasteiger partial charge < -0.3 is 5.32 Å². The summed E-state index contributed by atoms with van der Waals surface area (Å²) in [7, 11) is 1.98. The van der Waals surface area contributed by atoms with Gasteiger partial charge in [-0.25, -0.2) is 4.98 Å². The van der Waals surface area contributed by atoms with Crippen LogP contribution < -0.4 is 5.32 Å². The second kappa shape index (κ2) is 4.76. The van der Waals surface area contributed by atoms with Gasteiger partial charge in [0, 0.05) is 11.1 Å². The molecule has 0 saturated heterocycles. The molecule has 0 saturated carbocycles. The molecule has 0 fully saturated rings. The van der Waals surface area contributed by atoms with Crippen LogP contribution >= 0.6 is 11.3 Å². The molecule has 1 atom stereocenters. The third-order valence-corrected chi connectivity index (χ3v) is 3.58. The van der Waals surface area contributed by atoms with Crippen LogP contribution in [0.1, 0.15) is 27.9 Å². The molecule has 0 aliphatic heterocycles. The monoisotopic (exact) mass is 232 g/mol. The number of rotatable bonds is 3. The van der Waals surface area contributed by atoms with Crippen LogP contribution in [-0.4, -0.2) is 12.0 Å². The lowest BCUT2D eigenvalue weighted by atomic mass is 10.1. The molecule has 0 aliphatic rings. The summed E-state index contributed by atoms with van der Waals surface area (Å²) in [5.41, 5.74) is 3.65. The summed E-state index contributed by atoms with van der Waals surface area (Å²) in [5, 5.41) is 6.55. The Morgan fingerprint density at radius 3 is 2.69 bits per heavy atom. The number of thiazole rings is 1. The summed E-state index contributed by atoms with van der Waals surface area (Å²) >= 11 is 1.71. The van der Waals surface area contributed by atoms with E-state index in [9.17, 15) is 0 Å². The Kier molecular flexibility index (Phi) is 3.36. The highest BCUT2D eigenvalue weighted by atomic mass is 32.1. The lowest BCUT2D eigenvalue weighted by Crippen LogP contribution is -2.17. The number of hydrogen-bond donors (Lipinski definition) is 1. The molecule has 1 N–H and O–H groups in total. The SMILES string of the molecule is CNC(c1cccc(C)c1)c1nc(C)cs1. The molecule has 0 bridgehead atoms. The molecular formula is C13H16N2S. The summed E-state index contributed by atoms with van der Waals surface area (Å²) < 4.78 is 0. The van der Waals surface area contributed by atoms with E-state index in [-0.39, 0.29) is 6.04 Å². The molecule has 16 heavy (non-hydrogen) atoms. The van der Waals surface area contributed by atoms with Gasteiger partial charge in [-0.2, -0.15) is 0 Å². The van der Waals surface area contributed by atoms with Gasteiger partial charge in [-0.05, 0) is 26.5 Å². The smallest absolute Gasteiger partial charge is 0.114 e. The molecule has 0 amide bonds. The summed E-state index contributed by atoms with van der Waals surface area (Å²) in [6.45, 7) is 4.15. The average Bonchev–Trinajstić information content (AvgIpc) is 2.66. The highest BCUT2D eigenvalue weighted by Gasteiger charge is 2.14. The van der Waals surface area contributed by atoms with Gasteiger partial charge in [0.2, 0.25) is 0 Å². The number of aryl methyl sites for hydroxylation is 2. The Bertz CT molecular complexity index is 476. The molecule has 1 aromatic carbocycles. The van der Waals surface area contributed by atoms with Gasteiger partial charge in [-0.3, -0.25) is 0 Å². The highest BCUT2D eigenvalue weighted by Crippen LogP contribution is 2.25. The fraction of sp³-hybridized carbons (Fsp3) is 0.308. The zero-order valence-electron chi connectivity index (χ0n) is 9.82. The van der Waals surface area contributed by atoms with Crippen molar-refractivity contribution in [3.8, 4) is 0 Å². The summed E-state index contributed by atoms with van der Waals surface area (Å²) in [6.07, 6.45) is 0. The fourth-order valence-corrected chi connectivity index (χ4v) is 2.72.